The van der Waals surface area contributed by atoms with Gasteiger partial charge in [0.15, 0.2) is 0 Å². The van der Waals surface area contributed by atoms with Crippen LogP contribution >= 0.6 is 11.6 Å². The summed E-state index contributed by atoms with van der Waals surface area (Å²) in [5.41, 5.74) is 3.02. The van der Waals surface area contributed by atoms with Crippen LogP contribution in [0.5, 0.6) is 0 Å². The quantitative estimate of drug-likeness (QED) is 0.450. The van der Waals surface area contributed by atoms with Crippen LogP contribution in [0.15, 0.2) is 24.3 Å². The fourth-order valence-electron chi connectivity index (χ4n) is 1.77. The summed E-state index contributed by atoms with van der Waals surface area (Å²) in [6, 6.07) is 8.59. The highest BCUT2D eigenvalue weighted by Gasteiger charge is 2.17. The molecule has 1 aliphatic rings. The molecule has 1 heterocycles. The molecule has 0 unspecified atom stereocenters. The summed E-state index contributed by atoms with van der Waals surface area (Å²) >= 11 is 6.23. The Kier molecular flexibility index (Phi) is 5.59. The second-order valence-electron chi connectivity index (χ2n) is 4.37. The van der Waals surface area contributed by atoms with Gasteiger partial charge in [-0.05, 0) is 24.6 Å². The molecule has 1 aliphatic heterocycles. The van der Waals surface area contributed by atoms with Crippen molar-refractivity contribution in [2.24, 2.45) is 0 Å². The van der Waals surface area contributed by atoms with Crippen LogP contribution in [0.25, 0.3) is 0 Å². The Hall–Kier alpha value is -0.620. The summed E-state index contributed by atoms with van der Waals surface area (Å²) < 4.78 is 25.9. The van der Waals surface area contributed by atoms with Gasteiger partial charge in [0.2, 0.25) is 0 Å². The Morgan fingerprint density at radius 1 is 1.33 bits per heavy atom. The first-order valence-electron chi connectivity index (χ1n) is 5.61. The van der Waals surface area contributed by atoms with Crippen molar-refractivity contribution in [2.75, 3.05) is 19.8 Å². The lowest BCUT2D eigenvalue weighted by Crippen LogP contribution is -2.28. The maximum Gasteiger partial charge on any atom is 0.261 e. The van der Waals surface area contributed by atoms with Crippen molar-refractivity contribution in [3.63, 3.8) is 0 Å². The lowest BCUT2D eigenvalue weighted by molar-refractivity contribution is 0.319. The minimum atomic E-state index is -3.67. The van der Waals surface area contributed by atoms with Crippen LogP contribution in [-0.4, -0.2) is 43.2 Å². The number of fused-ring (bicyclic) bond motifs is 1. The van der Waals surface area contributed by atoms with Crippen LogP contribution < -0.4 is 0 Å². The molecule has 0 aromatic heterocycles. The fraction of sp³-hybridized carbons (Fsp3) is 0.500. The molecule has 2 rings (SSSR count). The predicted octanol–water partition coefficient (Wildman–Crippen LogP) is 1.79. The van der Waals surface area contributed by atoms with E-state index in [9.17, 15) is 8.42 Å². The molecule has 18 heavy (non-hydrogen) atoms. The van der Waals surface area contributed by atoms with Crippen LogP contribution in [0.1, 0.15) is 11.1 Å². The van der Waals surface area contributed by atoms with E-state index in [-0.39, 0.29) is 5.50 Å². The standard InChI is InChI=1S/C11H14ClN.CH4O3S/c1-13-7-6-9-4-2-3-5-10(9)8-11(13)12;1-5(2,3)4/h2-5,11H,6-8H2,1H3;1H3,(H,2,3,4)/t11-;/m1./s1. The van der Waals surface area contributed by atoms with Crippen molar-refractivity contribution in [1.82, 2.24) is 4.90 Å². The molecule has 1 aromatic rings. The largest absolute Gasteiger partial charge is 0.290 e. The molecule has 0 bridgehead atoms. The number of alkyl halides is 1. The van der Waals surface area contributed by atoms with Crippen LogP contribution in [0.3, 0.4) is 0 Å². The molecule has 1 atom stereocenters. The lowest BCUT2D eigenvalue weighted by atomic mass is 10.0. The van der Waals surface area contributed by atoms with Gasteiger partial charge in [0.25, 0.3) is 10.1 Å². The van der Waals surface area contributed by atoms with E-state index in [0.717, 1.165) is 19.4 Å². The number of nitrogens with zero attached hydrogens (tertiary/aromatic N) is 1. The molecule has 102 valence electrons. The van der Waals surface area contributed by atoms with Crippen molar-refractivity contribution >= 4 is 21.7 Å². The Labute approximate surface area is 113 Å². The molecule has 0 spiro atoms. The SMILES string of the molecule is CN1CCc2ccccc2C[C@@H]1Cl.CS(=O)(=O)O. The maximum atomic E-state index is 9.19. The van der Waals surface area contributed by atoms with E-state index in [1.54, 1.807) is 0 Å². The zero-order chi connectivity index (χ0) is 13.8. The van der Waals surface area contributed by atoms with Gasteiger partial charge in [-0.25, -0.2) is 0 Å². The molecule has 0 fully saturated rings. The Bertz CT molecular complexity index is 482. The van der Waals surface area contributed by atoms with Crippen LogP contribution in [0.2, 0.25) is 0 Å². The minimum absolute atomic E-state index is 0.156. The highest BCUT2D eigenvalue weighted by Crippen LogP contribution is 2.20. The zero-order valence-corrected chi connectivity index (χ0v) is 12.1. The van der Waals surface area contributed by atoms with Crippen molar-refractivity contribution < 1.29 is 13.0 Å². The first-order chi connectivity index (χ1) is 8.27. The van der Waals surface area contributed by atoms with Gasteiger partial charge in [-0.15, -0.1) is 11.6 Å². The molecule has 4 nitrogen and oxygen atoms in total. The van der Waals surface area contributed by atoms with E-state index in [1.165, 1.54) is 11.1 Å². The maximum absolute atomic E-state index is 9.19. The third kappa shape index (κ3) is 5.82. The highest BCUT2D eigenvalue weighted by molar-refractivity contribution is 7.85. The third-order valence-electron chi connectivity index (χ3n) is 2.72. The summed E-state index contributed by atoms with van der Waals surface area (Å²) in [6.07, 6.45) is 2.80. The molecule has 0 amide bonds. The first kappa shape index (κ1) is 15.4. The molecule has 1 aromatic carbocycles. The molecular weight excluding hydrogens is 274 g/mol. The van der Waals surface area contributed by atoms with Gasteiger partial charge in [-0.3, -0.25) is 9.45 Å². The summed E-state index contributed by atoms with van der Waals surface area (Å²) in [5, 5.41) is 0. The van der Waals surface area contributed by atoms with Crippen LogP contribution in [0, 0.1) is 0 Å². The first-order valence-corrected chi connectivity index (χ1v) is 7.89. The van der Waals surface area contributed by atoms with E-state index in [2.05, 4.69) is 36.2 Å². The van der Waals surface area contributed by atoms with Crippen molar-refractivity contribution in [3.05, 3.63) is 35.4 Å². The molecule has 0 saturated heterocycles. The smallest absolute Gasteiger partial charge is 0.261 e. The van der Waals surface area contributed by atoms with Crippen molar-refractivity contribution in [3.8, 4) is 0 Å². The number of halogens is 1. The Balaban J connectivity index is 0.000000280. The molecule has 6 heteroatoms. The van der Waals surface area contributed by atoms with E-state index in [4.69, 9.17) is 16.2 Å². The van der Waals surface area contributed by atoms with E-state index >= 15 is 0 Å². The van der Waals surface area contributed by atoms with Crippen molar-refractivity contribution in [2.45, 2.75) is 18.3 Å². The monoisotopic (exact) mass is 291 g/mol. The van der Waals surface area contributed by atoms with Crippen LogP contribution in [0.4, 0.5) is 0 Å². The van der Waals surface area contributed by atoms with E-state index < -0.39 is 10.1 Å². The molecular formula is C12H18ClNO3S. The average Bonchev–Trinajstić information content (AvgIpc) is 2.37. The fourth-order valence-corrected chi connectivity index (χ4v) is 2.04. The van der Waals surface area contributed by atoms with Crippen LogP contribution in [-0.2, 0) is 23.0 Å². The zero-order valence-electron chi connectivity index (χ0n) is 10.5. The summed E-state index contributed by atoms with van der Waals surface area (Å²) in [7, 11) is -1.58. The molecule has 0 aliphatic carbocycles. The number of hydrogen-bond donors (Lipinski definition) is 1. The number of likely N-dealkylation sites (N-methyl/N-ethyl adjacent to an activating group) is 1. The van der Waals surface area contributed by atoms with Gasteiger partial charge >= 0.3 is 0 Å². The molecule has 1 N–H and O–H groups in total. The summed E-state index contributed by atoms with van der Waals surface area (Å²) in [5.74, 6) is 0. The minimum Gasteiger partial charge on any atom is -0.290 e. The highest BCUT2D eigenvalue weighted by atomic mass is 35.5. The second-order valence-corrected chi connectivity index (χ2v) is 6.34. The topological polar surface area (TPSA) is 57.6 Å². The normalized spacial score (nSPS) is 20.3. The Morgan fingerprint density at radius 2 is 1.83 bits per heavy atom. The van der Waals surface area contributed by atoms with Crippen molar-refractivity contribution in [1.29, 1.82) is 0 Å². The van der Waals surface area contributed by atoms with E-state index in [1.807, 2.05) is 0 Å². The summed E-state index contributed by atoms with van der Waals surface area (Å²) in [4.78, 5) is 2.21. The number of rotatable bonds is 0. The lowest BCUT2D eigenvalue weighted by Gasteiger charge is -2.18. The van der Waals surface area contributed by atoms with Gasteiger partial charge in [-0.2, -0.15) is 8.42 Å². The van der Waals surface area contributed by atoms with E-state index in [0.29, 0.717) is 6.26 Å². The van der Waals surface area contributed by atoms with Gasteiger partial charge in [0.1, 0.15) is 0 Å². The Morgan fingerprint density at radius 3 is 2.39 bits per heavy atom. The number of benzene rings is 1. The molecule has 0 saturated carbocycles. The summed E-state index contributed by atoms with van der Waals surface area (Å²) in [6.45, 7) is 1.06. The average molecular weight is 292 g/mol. The van der Waals surface area contributed by atoms with Gasteiger partial charge in [-0.1, -0.05) is 24.3 Å². The second kappa shape index (κ2) is 6.52. The van der Waals surface area contributed by atoms with Gasteiger partial charge in [0.05, 0.1) is 11.8 Å². The number of hydrogen-bond acceptors (Lipinski definition) is 3. The predicted molar refractivity (Wildman–Crippen MR) is 73.6 cm³/mol. The van der Waals surface area contributed by atoms with Gasteiger partial charge in [0, 0.05) is 13.0 Å². The third-order valence-corrected chi connectivity index (χ3v) is 3.21. The molecule has 0 radical (unpaired) electrons. The van der Waals surface area contributed by atoms with Gasteiger partial charge < -0.3 is 0 Å².